The van der Waals surface area contributed by atoms with Crippen LogP contribution in [0.3, 0.4) is 0 Å². The zero-order valence-corrected chi connectivity index (χ0v) is 10.9. The molecule has 0 saturated carbocycles. The predicted octanol–water partition coefficient (Wildman–Crippen LogP) is 2.47. The van der Waals surface area contributed by atoms with E-state index in [-0.39, 0.29) is 5.97 Å². The van der Waals surface area contributed by atoms with Crippen LogP contribution in [0.25, 0.3) is 0 Å². The molecule has 1 unspecified atom stereocenters. The van der Waals surface area contributed by atoms with Crippen LogP contribution in [0.1, 0.15) is 49.3 Å². The molecule has 4 heteroatoms. The molecule has 0 aliphatic heterocycles. The molecule has 1 aromatic rings. The third kappa shape index (κ3) is 4.23. The standard InChI is InChI=1S/C13H22N2O2/c1-4-6-10(5-2)14-9-11-7-8-12(15-11)13(16)17-3/h7-8,10,14-15H,4-6,9H2,1-3H3. The minimum atomic E-state index is -0.322. The van der Waals surface area contributed by atoms with Gasteiger partial charge in [0.05, 0.1) is 7.11 Å². The van der Waals surface area contributed by atoms with Gasteiger partial charge in [-0.15, -0.1) is 0 Å². The van der Waals surface area contributed by atoms with Crippen molar-refractivity contribution in [1.82, 2.24) is 10.3 Å². The van der Waals surface area contributed by atoms with Crippen molar-refractivity contribution >= 4 is 5.97 Å². The Morgan fingerprint density at radius 3 is 2.82 bits per heavy atom. The third-order valence-corrected chi connectivity index (χ3v) is 2.86. The highest BCUT2D eigenvalue weighted by atomic mass is 16.5. The summed E-state index contributed by atoms with van der Waals surface area (Å²) in [4.78, 5) is 14.3. The molecule has 1 atom stereocenters. The van der Waals surface area contributed by atoms with Crippen LogP contribution in [0.15, 0.2) is 12.1 Å². The number of carbonyl (C=O) groups is 1. The van der Waals surface area contributed by atoms with Crippen LogP contribution in [0, 0.1) is 0 Å². The van der Waals surface area contributed by atoms with E-state index in [1.54, 1.807) is 6.07 Å². The number of carbonyl (C=O) groups excluding carboxylic acids is 1. The van der Waals surface area contributed by atoms with Gasteiger partial charge in [-0.3, -0.25) is 0 Å². The number of aromatic nitrogens is 1. The lowest BCUT2D eigenvalue weighted by molar-refractivity contribution is 0.0594. The van der Waals surface area contributed by atoms with Crippen LogP contribution in [-0.4, -0.2) is 24.1 Å². The first kappa shape index (κ1) is 13.8. The highest BCUT2D eigenvalue weighted by molar-refractivity contribution is 5.87. The predicted molar refractivity (Wildman–Crippen MR) is 68.0 cm³/mol. The zero-order valence-electron chi connectivity index (χ0n) is 10.9. The molecule has 0 spiro atoms. The zero-order chi connectivity index (χ0) is 12.7. The van der Waals surface area contributed by atoms with E-state index < -0.39 is 0 Å². The normalized spacial score (nSPS) is 12.4. The Labute approximate surface area is 103 Å². The van der Waals surface area contributed by atoms with Gasteiger partial charge in [0, 0.05) is 18.3 Å². The molecule has 0 fully saturated rings. The SMILES string of the molecule is CCCC(CC)NCc1ccc(C(=O)OC)[nH]1. The first-order valence-electron chi connectivity index (χ1n) is 6.20. The van der Waals surface area contributed by atoms with Crippen molar-refractivity contribution in [3.8, 4) is 0 Å². The van der Waals surface area contributed by atoms with Crippen molar-refractivity contribution in [2.45, 2.75) is 45.7 Å². The van der Waals surface area contributed by atoms with Crippen molar-refractivity contribution in [2.75, 3.05) is 7.11 Å². The van der Waals surface area contributed by atoms with Crippen molar-refractivity contribution < 1.29 is 9.53 Å². The van der Waals surface area contributed by atoms with Gasteiger partial charge in [-0.2, -0.15) is 0 Å². The number of rotatable bonds is 7. The molecule has 0 radical (unpaired) electrons. The number of esters is 1. The van der Waals surface area contributed by atoms with Gasteiger partial charge >= 0.3 is 5.97 Å². The fourth-order valence-corrected chi connectivity index (χ4v) is 1.83. The maximum Gasteiger partial charge on any atom is 0.354 e. The molecule has 0 saturated heterocycles. The molecule has 17 heavy (non-hydrogen) atoms. The highest BCUT2D eigenvalue weighted by Gasteiger charge is 2.09. The molecule has 96 valence electrons. The van der Waals surface area contributed by atoms with Crippen LogP contribution >= 0.6 is 0 Å². The largest absolute Gasteiger partial charge is 0.464 e. The lowest BCUT2D eigenvalue weighted by Gasteiger charge is -2.15. The number of nitrogens with one attached hydrogen (secondary N) is 2. The second-order valence-electron chi connectivity index (χ2n) is 4.16. The number of hydrogen-bond donors (Lipinski definition) is 2. The van der Waals surface area contributed by atoms with Crippen molar-refractivity contribution in [1.29, 1.82) is 0 Å². The summed E-state index contributed by atoms with van der Waals surface area (Å²) in [6.45, 7) is 5.13. The quantitative estimate of drug-likeness (QED) is 0.717. The molecular formula is C13H22N2O2. The highest BCUT2D eigenvalue weighted by Crippen LogP contribution is 2.06. The Morgan fingerprint density at radius 2 is 2.24 bits per heavy atom. The van der Waals surface area contributed by atoms with E-state index in [2.05, 4.69) is 28.9 Å². The molecule has 2 N–H and O–H groups in total. The third-order valence-electron chi connectivity index (χ3n) is 2.86. The summed E-state index contributed by atoms with van der Waals surface area (Å²) in [5.74, 6) is -0.322. The Hall–Kier alpha value is -1.29. The minimum absolute atomic E-state index is 0.322. The number of H-pyrrole nitrogens is 1. The second kappa shape index (κ2) is 7.12. The Kier molecular flexibility index (Phi) is 5.77. The van der Waals surface area contributed by atoms with E-state index in [0.717, 1.165) is 18.7 Å². The Bertz CT molecular complexity index is 347. The maximum absolute atomic E-state index is 11.2. The summed E-state index contributed by atoms with van der Waals surface area (Å²) in [7, 11) is 1.38. The number of methoxy groups -OCH3 is 1. The Balaban J connectivity index is 2.46. The van der Waals surface area contributed by atoms with Gasteiger partial charge in [0.25, 0.3) is 0 Å². The van der Waals surface area contributed by atoms with Crippen LogP contribution in [-0.2, 0) is 11.3 Å². The van der Waals surface area contributed by atoms with Gasteiger partial charge in [0.1, 0.15) is 5.69 Å². The monoisotopic (exact) mass is 238 g/mol. The molecule has 0 amide bonds. The van der Waals surface area contributed by atoms with Gasteiger partial charge < -0.3 is 15.0 Å². The molecule has 4 nitrogen and oxygen atoms in total. The molecule has 0 aliphatic carbocycles. The van der Waals surface area contributed by atoms with E-state index in [9.17, 15) is 4.79 Å². The van der Waals surface area contributed by atoms with Gasteiger partial charge in [0.2, 0.25) is 0 Å². The molecular weight excluding hydrogens is 216 g/mol. The van der Waals surface area contributed by atoms with Crippen LogP contribution in [0.5, 0.6) is 0 Å². The van der Waals surface area contributed by atoms with Crippen molar-refractivity contribution in [2.24, 2.45) is 0 Å². The van der Waals surface area contributed by atoms with Crippen LogP contribution < -0.4 is 5.32 Å². The van der Waals surface area contributed by atoms with Gasteiger partial charge in [-0.1, -0.05) is 20.3 Å². The molecule has 1 rings (SSSR count). The van der Waals surface area contributed by atoms with E-state index in [1.807, 2.05) is 6.07 Å². The lowest BCUT2D eigenvalue weighted by atomic mass is 10.1. The first-order valence-corrected chi connectivity index (χ1v) is 6.20. The molecule has 0 aliphatic rings. The van der Waals surface area contributed by atoms with Crippen LogP contribution in [0.4, 0.5) is 0 Å². The van der Waals surface area contributed by atoms with Crippen molar-refractivity contribution in [3.63, 3.8) is 0 Å². The summed E-state index contributed by atoms with van der Waals surface area (Å²) in [5, 5.41) is 3.47. The average molecular weight is 238 g/mol. The van der Waals surface area contributed by atoms with E-state index in [1.165, 1.54) is 20.0 Å². The summed E-state index contributed by atoms with van der Waals surface area (Å²) in [5.41, 5.74) is 1.52. The van der Waals surface area contributed by atoms with E-state index in [4.69, 9.17) is 0 Å². The molecule has 1 aromatic heterocycles. The summed E-state index contributed by atoms with van der Waals surface area (Å²) in [6, 6.07) is 4.21. The summed E-state index contributed by atoms with van der Waals surface area (Å²) < 4.78 is 4.64. The summed E-state index contributed by atoms with van der Waals surface area (Å²) >= 11 is 0. The lowest BCUT2D eigenvalue weighted by Crippen LogP contribution is -2.27. The van der Waals surface area contributed by atoms with E-state index >= 15 is 0 Å². The molecule has 1 heterocycles. The van der Waals surface area contributed by atoms with Crippen molar-refractivity contribution in [3.05, 3.63) is 23.5 Å². The average Bonchev–Trinajstić information content (AvgIpc) is 2.82. The summed E-state index contributed by atoms with van der Waals surface area (Å²) in [6.07, 6.45) is 3.49. The second-order valence-corrected chi connectivity index (χ2v) is 4.16. The number of hydrogen-bond acceptors (Lipinski definition) is 3. The van der Waals surface area contributed by atoms with E-state index in [0.29, 0.717) is 11.7 Å². The molecule has 0 aromatic carbocycles. The van der Waals surface area contributed by atoms with Gasteiger partial charge in [0.15, 0.2) is 0 Å². The first-order chi connectivity index (χ1) is 8.21. The topological polar surface area (TPSA) is 54.1 Å². The Morgan fingerprint density at radius 1 is 1.47 bits per heavy atom. The van der Waals surface area contributed by atoms with Crippen LogP contribution in [0.2, 0.25) is 0 Å². The number of aromatic amines is 1. The van der Waals surface area contributed by atoms with Gasteiger partial charge in [-0.25, -0.2) is 4.79 Å². The minimum Gasteiger partial charge on any atom is -0.464 e. The smallest absolute Gasteiger partial charge is 0.354 e. The maximum atomic E-state index is 11.2. The fraction of sp³-hybridized carbons (Fsp3) is 0.615. The van der Waals surface area contributed by atoms with Gasteiger partial charge in [-0.05, 0) is 25.0 Å². The number of ether oxygens (including phenoxy) is 1. The fourth-order valence-electron chi connectivity index (χ4n) is 1.83. The molecule has 0 bridgehead atoms.